The van der Waals surface area contributed by atoms with Crippen LogP contribution in [0.1, 0.15) is 41.6 Å². The Morgan fingerprint density at radius 1 is 1.03 bits per heavy atom. The summed E-state index contributed by atoms with van der Waals surface area (Å²) in [5.41, 5.74) is 6.90. The Kier molecular flexibility index (Phi) is 5.49. The monoisotopic (exact) mass is 467 g/mol. The van der Waals surface area contributed by atoms with Crippen LogP contribution in [0.15, 0.2) is 77.7 Å². The first-order chi connectivity index (χ1) is 17.2. The molecular weight excluding hydrogens is 442 g/mol. The maximum absolute atomic E-state index is 11.7. The van der Waals surface area contributed by atoms with Gasteiger partial charge in [0.2, 0.25) is 0 Å². The van der Waals surface area contributed by atoms with Gasteiger partial charge in [-0.25, -0.2) is 4.98 Å². The Labute approximate surface area is 203 Å². The zero-order valence-electron chi connectivity index (χ0n) is 19.4. The molecular formula is C29H25NO5. The van der Waals surface area contributed by atoms with Crippen LogP contribution in [-0.4, -0.2) is 24.7 Å². The molecule has 0 radical (unpaired) electrons. The molecule has 0 bridgehead atoms. The number of nitrogens with zero attached hydrogens (tertiary/aromatic N) is 1. The normalized spacial score (nSPS) is 18.0. The van der Waals surface area contributed by atoms with Crippen LogP contribution in [0.2, 0.25) is 0 Å². The smallest absolute Gasteiger partial charge is 0.306 e. The highest BCUT2D eigenvalue weighted by Crippen LogP contribution is 2.44. The molecule has 1 aliphatic carbocycles. The number of fused-ring (bicyclic) bond motifs is 2. The summed E-state index contributed by atoms with van der Waals surface area (Å²) in [6, 6.07) is 20.6. The summed E-state index contributed by atoms with van der Waals surface area (Å²) in [4.78, 5) is 15.8. The Hall–Kier alpha value is -4.06. The van der Waals surface area contributed by atoms with Crippen molar-refractivity contribution in [2.24, 2.45) is 0 Å². The van der Waals surface area contributed by atoms with Crippen LogP contribution >= 0.6 is 0 Å². The summed E-state index contributed by atoms with van der Waals surface area (Å²) < 4.78 is 22.7. The van der Waals surface area contributed by atoms with Crippen molar-refractivity contribution in [2.45, 2.75) is 31.3 Å². The minimum absolute atomic E-state index is 0.0192. The lowest BCUT2D eigenvalue weighted by atomic mass is 9.92. The topological polar surface area (TPSA) is 70.8 Å². The van der Waals surface area contributed by atoms with Crippen LogP contribution in [0, 0.1) is 0 Å². The molecule has 0 spiro atoms. The lowest BCUT2D eigenvalue weighted by molar-refractivity contribution is -0.141. The SMILES string of the molecule is COC(=O)C[C@@H]1COc2cc(O[C@@H]3CCc4c(-c5ccccc5-c5cnco5)cccc43)ccc21. The zero-order chi connectivity index (χ0) is 23.8. The minimum Gasteiger partial charge on any atom is -0.492 e. The second-order valence-corrected chi connectivity index (χ2v) is 8.92. The summed E-state index contributed by atoms with van der Waals surface area (Å²) >= 11 is 0. The Balaban J connectivity index is 1.27. The van der Waals surface area contributed by atoms with Crippen LogP contribution < -0.4 is 9.47 Å². The number of carbonyl (C=O) groups is 1. The molecule has 0 saturated carbocycles. The molecule has 176 valence electrons. The number of ether oxygens (including phenoxy) is 3. The molecule has 6 rings (SSSR count). The van der Waals surface area contributed by atoms with Crippen LogP contribution in [0.25, 0.3) is 22.5 Å². The number of benzene rings is 3. The molecule has 1 aromatic heterocycles. The van der Waals surface area contributed by atoms with Gasteiger partial charge < -0.3 is 18.6 Å². The number of aromatic nitrogens is 1. The molecule has 0 saturated heterocycles. The summed E-state index contributed by atoms with van der Waals surface area (Å²) in [7, 11) is 1.41. The molecule has 35 heavy (non-hydrogen) atoms. The van der Waals surface area contributed by atoms with Gasteiger partial charge in [0, 0.05) is 23.1 Å². The van der Waals surface area contributed by atoms with Gasteiger partial charge >= 0.3 is 5.97 Å². The van der Waals surface area contributed by atoms with Gasteiger partial charge in [-0.3, -0.25) is 4.79 Å². The molecule has 0 N–H and O–H groups in total. The highest BCUT2D eigenvalue weighted by Gasteiger charge is 2.30. The molecule has 2 atom stereocenters. The van der Waals surface area contributed by atoms with E-state index < -0.39 is 0 Å². The second kappa shape index (κ2) is 8.95. The standard InChI is InChI=1S/C29H25NO5/c1-32-29(31)13-18-16-33-27-14-19(9-10-20(18)27)35-26-12-11-23-21(7-4-8-24(23)26)22-5-2-3-6-25(22)28-15-30-17-34-28/h2-10,14-15,17-18,26H,11-13,16H2,1H3/t18-,26-/m1/s1. The molecule has 6 heteroatoms. The molecule has 0 unspecified atom stereocenters. The zero-order valence-corrected chi connectivity index (χ0v) is 19.4. The Morgan fingerprint density at radius 2 is 1.89 bits per heavy atom. The van der Waals surface area contributed by atoms with E-state index in [4.69, 9.17) is 18.6 Å². The van der Waals surface area contributed by atoms with Gasteiger partial charge in [0.05, 0.1) is 26.3 Å². The molecule has 6 nitrogen and oxygen atoms in total. The third-order valence-electron chi connectivity index (χ3n) is 6.91. The highest BCUT2D eigenvalue weighted by atomic mass is 16.5. The van der Waals surface area contributed by atoms with Crippen molar-refractivity contribution in [3.63, 3.8) is 0 Å². The number of hydrogen-bond donors (Lipinski definition) is 0. The second-order valence-electron chi connectivity index (χ2n) is 8.92. The van der Waals surface area contributed by atoms with Gasteiger partial charge in [0.15, 0.2) is 12.2 Å². The molecule has 2 heterocycles. The van der Waals surface area contributed by atoms with Crippen LogP contribution in [-0.2, 0) is 16.0 Å². The third kappa shape index (κ3) is 3.95. The molecule has 4 aromatic rings. The molecule has 0 fully saturated rings. The number of methoxy groups -OCH3 is 1. The molecule has 0 amide bonds. The van der Waals surface area contributed by atoms with Crippen molar-refractivity contribution in [1.29, 1.82) is 0 Å². The van der Waals surface area contributed by atoms with Gasteiger partial charge in [0.25, 0.3) is 0 Å². The minimum atomic E-state index is -0.227. The van der Waals surface area contributed by atoms with Crippen molar-refractivity contribution < 1.29 is 23.4 Å². The van der Waals surface area contributed by atoms with E-state index in [2.05, 4.69) is 41.4 Å². The van der Waals surface area contributed by atoms with Crippen LogP contribution in [0.4, 0.5) is 0 Å². The van der Waals surface area contributed by atoms with Gasteiger partial charge in [0.1, 0.15) is 17.6 Å². The lowest BCUT2D eigenvalue weighted by Crippen LogP contribution is -2.09. The number of carbonyl (C=O) groups excluding carboxylic acids is 1. The van der Waals surface area contributed by atoms with Gasteiger partial charge in [-0.1, -0.05) is 48.5 Å². The van der Waals surface area contributed by atoms with E-state index in [1.165, 1.54) is 30.2 Å². The van der Waals surface area contributed by atoms with E-state index in [-0.39, 0.29) is 18.0 Å². The van der Waals surface area contributed by atoms with E-state index in [1.807, 2.05) is 24.3 Å². The predicted octanol–water partition coefficient (Wildman–Crippen LogP) is 6.11. The molecule has 1 aliphatic heterocycles. The van der Waals surface area contributed by atoms with Gasteiger partial charge in [-0.15, -0.1) is 0 Å². The van der Waals surface area contributed by atoms with Crippen molar-refractivity contribution in [3.05, 3.63) is 89.9 Å². The first kappa shape index (κ1) is 21.5. The predicted molar refractivity (Wildman–Crippen MR) is 130 cm³/mol. The van der Waals surface area contributed by atoms with E-state index in [9.17, 15) is 4.79 Å². The maximum Gasteiger partial charge on any atom is 0.306 e. The highest BCUT2D eigenvalue weighted by molar-refractivity contribution is 5.83. The first-order valence-electron chi connectivity index (χ1n) is 11.8. The first-order valence-corrected chi connectivity index (χ1v) is 11.8. The van der Waals surface area contributed by atoms with E-state index in [1.54, 1.807) is 6.20 Å². The molecule has 2 aliphatic rings. The fourth-order valence-corrected chi connectivity index (χ4v) is 5.22. The van der Waals surface area contributed by atoms with E-state index in [0.717, 1.165) is 46.8 Å². The largest absolute Gasteiger partial charge is 0.492 e. The Bertz CT molecular complexity index is 1380. The summed E-state index contributed by atoms with van der Waals surface area (Å²) in [6.45, 7) is 0.480. The lowest BCUT2D eigenvalue weighted by Gasteiger charge is -2.17. The Morgan fingerprint density at radius 3 is 2.71 bits per heavy atom. The quantitative estimate of drug-likeness (QED) is 0.319. The van der Waals surface area contributed by atoms with E-state index >= 15 is 0 Å². The molecule has 3 aromatic carbocycles. The number of oxazole rings is 1. The van der Waals surface area contributed by atoms with Crippen molar-refractivity contribution in [1.82, 2.24) is 4.98 Å². The van der Waals surface area contributed by atoms with Gasteiger partial charge in [-0.2, -0.15) is 0 Å². The van der Waals surface area contributed by atoms with Crippen molar-refractivity contribution in [2.75, 3.05) is 13.7 Å². The summed E-state index contributed by atoms with van der Waals surface area (Å²) in [6.07, 6.45) is 5.33. The number of hydrogen-bond acceptors (Lipinski definition) is 6. The summed E-state index contributed by atoms with van der Waals surface area (Å²) in [5.74, 6) is 2.10. The van der Waals surface area contributed by atoms with Crippen molar-refractivity contribution in [3.8, 4) is 33.9 Å². The van der Waals surface area contributed by atoms with Crippen LogP contribution in [0.3, 0.4) is 0 Å². The fourth-order valence-electron chi connectivity index (χ4n) is 5.22. The fraction of sp³-hybridized carbons (Fsp3) is 0.241. The maximum atomic E-state index is 11.7. The number of rotatable bonds is 6. The third-order valence-corrected chi connectivity index (χ3v) is 6.91. The van der Waals surface area contributed by atoms with Crippen molar-refractivity contribution >= 4 is 5.97 Å². The van der Waals surface area contributed by atoms with E-state index in [0.29, 0.717) is 13.0 Å². The number of esters is 1. The van der Waals surface area contributed by atoms with Crippen LogP contribution in [0.5, 0.6) is 11.5 Å². The average molecular weight is 468 g/mol. The summed E-state index contributed by atoms with van der Waals surface area (Å²) in [5, 5.41) is 0. The average Bonchev–Trinajstić information content (AvgIpc) is 3.65. The van der Waals surface area contributed by atoms with Gasteiger partial charge in [-0.05, 0) is 41.2 Å².